The van der Waals surface area contributed by atoms with Crippen LogP contribution in [0, 0.1) is 11.7 Å². The summed E-state index contributed by atoms with van der Waals surface area (Å²) in [5.74, 6) is -0.950. The van der Waals surface area contributed by atoms with Crippen molar-refractivity contribution in [3.8, 4) is 0 Å². The zero-order chi connectivity index (χ0) is 18.4. The minimum absolute atomic E-state index is 0.223. The smallest absolute Gasteiger partial charge is 0.255 e. The molecule has 0 spiro atoms. The van der Waals surface area contributed by atoms with E-state index in [1.807, 2.05) is 0 Å². The van der Waals surface area contributed by atoms with Gasteiger partial charge in [-0.25, -0.2) is 4.39 Å². The molecular weight excluding hydrogens is 402 g/mol. The lowest BCUT2D eigenvalue weighted by atomic mass is 9.94. The van der Waals surface area contributed by atoms with Crippen molar-refractivity contribution in [3.63, 3.8) is 0 Å². The molecule has 2 aliphatic rings. The molecule has 0 aromatic heterocycles. The van der Waals surface area contributed by atoms with Crippen molar-refractivity contribution in [3.05, 3.63) is 68.4 Å². The van der Waals surface area contributed by atoms with Crippen LogP contribution in [0.2, 0.25) is 15.1 Å². The van der Waals surface area contributed by atoms with Gasteiger partial charge in [0, 0.05) is 11.6 Å². The van der Waals surface area contributed by atoms with E-state index in [4.69, 9.17) is 39.6 Å². The summed E-state index contributed by atoms with van der Waals surface area (Å²) in [5.41, 5.74) is 1.01. The monoisotopic (exact) mass is 412 g/mol. The molecule has 0 aliphatic carbocycles. The maximum Gasteiger partial charge on any atom is 0.255 e. The van der Waals surface area contributed by atoms with E-state index in [1.165, 1.54) is 18.2 Å². The van der Waals surface area contributed by atoms with Gasteiger partial charge in [-0.1, -0.05) is 46.0 Å². The number of nitrogens with zero attached hydrogens (tertiary/aromatic N) is 2. The lowest BCUT2D eigenvalue weighted by Gasteiger charge is -2.18. The van der Waals surface area contributed by atoms with Crippen LogP contribution >= 0.6 is 34.8 Å². The number of fused-ring (bicyclic) bond motifs is 1. The molecule has 0 radical (unpaired) electrons. The first-order chi connectivity index (χ1) is 12.5. The summed E-state index contributed by atoms with van der Waals surface area (Å²) in [7, 11) is 0. The molecule has 134 valence electrons. The summed E-state index contributed by atoms with van der Waals surface area (Å²) >= 11 is 18.2. The highest BCUT2D eigenvalue weighted by atomic mass is 35.5. The number of carbonyl (C=O) groups is 1. The lowest BCUT2D eigenvalue weighted by Crippen LogP contribution is -2.31. The van der Waals surface area contributed by atoms with Crippen LogP contribution in [0.15, 0.2) is 41.6 Å². The van der Waals surface area contributed by atoms with Gasteiger partial charge in [0.15, 0.2) is 6.10 Å². The number of likely N-dealkylation sites (tertiary alicyclic amines) is 1. The van der Waals surface area contributed by atoms with Crippen molar-refractivity contribution in [2.24, 2.45) is 11.1 Å². The Labute approximate surface area is 164 Å². The number of benzene rings is 2. The molecule has 4 nitrogen and oxygen atoms in total. The third-order valence-corrected chi connectivity index (χ3v) is 5.43. The summed E-state index contributed by atoms with van der Waals surface area (Å²) in [5, 5.41) is 5.02. The van der Waals surface area contributed by atoms with E-state index in [9.17, 15) is 9.18 Å². The van der Waals surface area contributed by atoms with Crippen molar-refractivity contribution in [2.45, 2.75) is 6.10 Å². The fraction of sp³-hybridized carbons (Fsp3) is 0.222. The number of rotatable bonds is 2. The van der Waals surface area contributed by atoms with Crippen LogP contribution in [0.1, 0.15) is 15.9 Å². The summed E-state index contributed by atoms with van der Waals surface area (Å²) in [4.78, 5) is 19.8. The van der Waals surface area contributed by atoms with Crippen LogP contribution in [0.5, 0.6) is 0 Å². The lowest BCUT2D eigenvalue weighted by molar-refractivity contribution is 0.0631. The number of halogens is 4. The largest absolute Gasteiger partial charge is 0.390 e. The first kappa shape index (κ1) is 17.6. The second kappa shape index (κ2) is 6.72. The molecule has 2 aromatic rings. The molecule has 1 amide bonds. The number of carbonyl (C=O) groups excluding carboxylic acids is 1. The number of oxime groups is 1. The molecule has 2 aliphatic heterocycles. The van der Waals surface area contributed by atoms with Gasteiger partial charge < -0.3 is 9.74 Å². The van der Waals surface area contributed by atoms with Gasteiger partial charge in [-0.15, -0.1) is 0 Å². The average molecular weight is 414 g/mol. The Morgan fingerprint density at radius 2 is 1.96 bits per heavy atom. The molecule has 8 heteroatoms. The van der Waals surface area contributed by atoms with Crippen LogP contribution in [-0.2, 0) is 4.84 Å². The normalized spacial score (nSPS) is 21.4. The number of amides is 1. The summed E-state index contributed by atoms with van der Waals surface area (Å²) in [6.07, 6.45) is -0.337. The van der Waals surface area contributed by atoms with Gasteiger partial charge in [-0.05, 0) is 30.3 Å². The highest BCUT2D eigenvalue weighted by Crippen LogP contribution is 2.34. The molecule has 0 bridgehead atoms. The minimum Gasteiger partial charge on any atom is -0.390 e. The van der Waals surface area contributed by atoms with E-state index >= 15 is 0 Å². The van der Waals surface area contributed by atoms with Gasteiger partial charge in [0.2, 0.25) is 0 Å². The van der Waals surface area contributed by atoms with Crippen molar-refractivity contribution < 1.29 is 14.0 Å². The van der Waals surface area contributed by atoms with Gasteiger partial charge in [0.1, 0.15) is 11.5 Å². The first-order valence-corrected chi connectivity index (χ1v) is 9.01. The molecule has 4 rings (SSSR count). The third kappa shape index (κ3) is 2.94. The number of hydrogen-bond acceptors (Lipinski definition) is 3. The number of hydrogen-bond donors (Lipinski definition) is 0. The van der Waals surface area contributed by atoms with E-state index in [0.29, 0.717) is 29.4 Å². The quantitative estimate of drug-likeness (QED) is 0.718. The molecule has 2 heterocycles. The molecule has 1 saturated heterocycles. The van der Waals surface area contributed by atoms with Gasteiger partial charge in [-0.2, -0.15) is 0 Å². The molecule has 2 aromatic carbocycles. The second-order valence-electron chi connectivity index (χ2n) is 6.16. The maximum absolute atomic E-state index is 14.2. The van der Waals surface area contributed by atoms with E-state index in [1.54, 1.807) is 23.1 Å². The fourth-order valence-corrected chi connectivity index (χ4v) is 4.06. The summed E-state index contributed by atoms with van der Waals surface area (Å²) in [6.45, 7) is 0.674. The third-order valence-electron chi connectivity index (χ3n) is 4.57. The second-order valence-corrected chi connectivity index (χ2v) is 7.41. The van der Waals surface area contributed by atoms with Crippen LogP contribution in [0.3, 0.4) is 0 Å². The average Bonchev–Trinajstić information content (AvgIpc) is 3.16. The summed E-state index contributed by atoms with van der Waals surface area (Å²) in [6, 6.07) is 9.17. The molecular formula is C18H12Cl3FN2O2. The Bertz CT molecular complexity index is 914. The standard InChI is InChI=1S/C18H12Cl3FN2O2/c19-9-4-5-10(13(21)6-9)18(25)24-7-11-15(8-24)26-23-17(11)16-12(20)2-1-3-14(16)22/h1-6,11,15H,7-8H2. The van der Waals surface area contributed by atoms with Crippen LogP contribution < -0.4 is 0 Å². The molecule has 1 fully saturated rings. The summed E-state index contributed by atoms with van der Waals surface area (Å²) < 4.78 is 14.2. The van der Waals surface area contributed by atoms with E-state index in [2.05, 4.69) is 5.16 Å². The maximum atomic E-state index is 14.2. The van der Waals surface area contributed by atoms with Gasteiger partial charge in [0.25, 0.3) is 5.91 Å². The van der Waals surface area contributed by atoms with Gasteiger partial charge >= 0.3 is 0 Å². The molecule has 2 unspecified atom stereocenters. The van der Waals surface area contributed by atoms with Crippen molar-refractivity contribution >= 4 is 46.4 Å². The van der Waals surface area contributed by atoms with E-state index in [-0.39, 0.29) is 33.5 Å². The van der Waals surface area contributed by atoms with Crippen LogP contribution in [0.25, 0.3) is 0 Å². The molecule has 0 N–H and O–H groups in total. The zero-order valence-corrected chi connectivity index (χ0v) is 15.5. The Hall–Kier alpha value is -1.82. The predicted molar refractivity (Wildman–Crippen MR) is 98.7 cm³/mol. The molecule has 26 heavy (non-hydrogen) atoms. The Balaban J connectivity index is 1.59. The fourth-order valence-electron chi connectivity index (χ4n) is 3.31. The predicted octanol–water partition coefficient (Wildman–Crippen LogP) is 4.66. The Morgan fingerprint density at radius 3 is 2.69 bits per heavy atom. The highest BCUT2D eigenvalue weighted by molar-refractivity contribution is 6.37. The zero-order valence-electron chi connectivity index (χ0n) is 13.3. The van der Waals surface area contributed by atoms with Gasteiger partial charge in [-0.3, -0.25) is 4.79 Å². The Kier molecular flexibility index (Phi) is 4.55. The van der Waals surface area contributed by atoms with Crippen molar-refractivity contribution in [2.75, 3.05) is 13.1 Å². The Morgan fingerprint density at radius 1 is 1.15 bits per heavy atom. The van der Waals surface area contributed by atoms with E-state index < -0.39 is 5.82 Å². The van der Waals surface area contributed by atoms with E-state index in [0.717, 1.165) is 0 Å². The highest BCUT2D eigenvalue weighted by Gasteiger charge is 2.45. The van der Waals surface area contributed by atoms with Gasteiger partial charge in [0.05, 0.1) is 33.6 Å². The van der Waals surface area contributed by atoms with Crippen molar-refractivity contribution in [1.29, 1.82) is 0 Å². The van der Waals surface area contributed by atoms with Crippen molar-refractivity contribution in [1.82, 2.24) is 4.90 Å². The van der Waals surface area contributed by atoms with Crippen LogP contribution in [0.4, 0.5) is 4.39 Å². The first-order valence-electron chi connectivity index (χ1n) is 7.88. The molecule has 2 atom stereocenters. The van der Waals surface area contributed by atoms with Crippen LogP contribution in [-0.4, -0.2) is 35.7 Å². The minimum atomic E-state index is -0.467. The topological polar surface area (TPSA) is 41.9 Å². The SMILES string of the molecule is O=C(c1ccc(Cl)cc1Cl)N1CC2ON=C(c3c(F)cccc3Cl)C2C1. The molecule has 0 saturated carbocycles.